The van der Waals surface area contributed by atoms with E-state index in [0.29, 0.717) is 19.4 Å². The third-order valence-electron chi connectivity index (χ3n) is 2.17. The maximum atomic E-state index is 11.5. The molecule has 1 atom stereocenters. The van der Waals surface area contributed by atoms with Crippen molar-refractivity contribution in [3.05, 3.63) is 0 Å². The zero-order valence-electron chi connectivity index (χ0n) is 9.61. The first-order chi connectivity index (χ1) is 7.11. The van der Waals surface area contributed by atoms with Crippen LogP contribution in [0, 0.1) is 0 Å². The lowest BCUT2D eigenvalue weighted by atomic mass is 10.2. The number of hydrogen-bond donors (Lipinski definition) is 1. The van der Waals surface area contributed by atoms with Gasteiger partial charge in [0.25, 0.3) is 0 Å². The van der Waals surface area contributed by atoms with E-state index >= 15 is 0 Å². The van der Waals surface area contributed by atoms with Crippen molar-refractivity contribution in [3.8, 4) is 0 Å². The molecule has 0 saturated carbocycles. The summed E-state index contributed by atoms with van der Waals surface area (Å²) in [5.41, 5.74) is 0. The van der Waals surface area contributed by atoms with E-state index in [-0.39, 0.29) is 11.2 Å². The summed E-state index contributed by atoms with van der Waals surface area (Å²) in [6.07, 6.45) is 5.25. The van der Waals surface area contributed by atoms with Gasteiger partial charge in [-0.15, -0.1) is 0 Å². The third-order valence-corrected chi connectivity index (χ3v) is 2.35. The summed E-state index contributed by atoms with van der Waals surface area (Å²) in [5, 5.41) is 0.00981. The standard InChI is InChI=1S/C11H21NO2S/c1-3-4-5-6-7-12(9-13)11(14)8-10(2)15/h9-10,15H,3-8H2,1-2H3. The Bertz CT molecular complexity index is 195. The summed E-state index contributed by atoms with van der Waals surface area (Å²) in [7, 11) is 0. The van der Waals surface area contributed by atoms with E-state index in [1.165, 1.54) is 4.90 Å². The van der Waals surface area contributed by atoms with Crippen LogP contribution in [0.1, 0.15) is 46.0 Å². The van der Waals surface area contributed by atoms with Crippen molar-refractivity contribution >= 4 is 24.9 Å². The fourth-order valence-electron chi connectivity index (χ4n) is 1.32. The first-order valence-corrected chi connectivity index (χ1v) is 6.06. The van der Waals surface area contributed by atoms with Gasteiger partial charge in [0, 0.05) is 18.2 Å². The predicted octanol–water partition coefficient (Wildman–Crippen LogP) is 2.26. The number of imide groups is 1. The smallest absolute Gasteiger partial charge is 0.230 e. The summed E-state index contributed by atoms with van der Waals surface area (Å²) < 4.78 is 0. The molecule has 0 rings (SSSR count). The largest absolute Gasteiger partial charge is 0.285 e. The molecule has 0 saturated heterocycles. The van der Waals surface area contributed by atoms with Gasteiger partial charge >= 0.3 is 0 Å². The van der Waals surface area contributed by atoms with Crippen molar-refractivity contribution in [2.24, 2.45) is 0 Å². The van der Waals surface area contributed by atoms with Crippen LogP contribution in [0.3, 0.4) is 0 Å². The minimum Gasteiger partial charge on any atom is -0.285 e. The van der Waals surface area contributed by atoms with E-state index in [0.717, 1.165) is 25.7 Å². The van der Waals surface area contributed by atoms with Gasteiger partial charge in [0.2, 0.25) is 12.3 Å². The highest BCUT2D eigenvalue weighted by Crippen LogP contribution is 2.05. The molecule has 0 heterocycles. The highest BCUT2D eigenvalue weighted by molar-refractivity contribution is 7.80. The summed E-state index contributed by atoms with van der Waals surface area (Å²) in [4.78, 5) is 23.4. The van der Waals surface area contributed by atoms with Crippen LogP contribution in [-0.4, -0.2) is 29.0 Å². The molecule has 4 heteroatoms. The zero-order chi connectivity index (χ0) is 11.7. The van der Waals surface area contributed by atoms with Crippen LogP contribution in [0.5, 0.6) is 0 Å². The van der Waals surface area contributed by atoms with Crippen LogP contribution < -0.4 is 0 Å². The Morgan fingerprint density at radius 2 is 2.07 bits per heavy atom. The number of rotatable bonds is 8. The van der Waals surface area contributed by atoms with Crippen LogP contribution in [0.25, 0.3) is 0 Å². The van der Waals surface area contributed by atoms with E-state index in [4.69, 9.17) is 0 Å². The predicted molar refractivity (Wildman–Crippen MR) is 65.0 cm³/mol. The van der Waals surface area contributed by atoms with Crippen LogP contribution in [-0.2, 0) is 9.59 Å². The average Bonchev–Trinajstić information content (AvgIpc) is 2.16. The highest BCUT2D eigenvalue weighted by atomic mass is 32.1. The maximum absolute atomic E-state index is 11.5. The summed E-state index contributed by atoms with van der Waals surface area (Å²) >= 11 is 4.13. The molecule has 0 aliphatic heterocycles. The van der Waals surface area contributed by atoms with Crippen molar-refractivity contribution in [1.82, 2.24) is 4.90 Å². The van der Waals surface area contributed by atoms with Gasteiger partial charge in [0.05, 0.1) is 0 Å². The first-order valence-electron chi connectivity index (χ1n) is 5.54. The van der Waals surface area contributed by atoms with Crippen molar-refractivity contribution in [1.29, 1.82) is 0 Å². The molecule has 0 aromatic carbocycles. The second-order valence-electron chi connectivity index (χ2n) is 3.81. The van der Waals surface area contributed by atoms with Gasteiger partial charge in [-0.05, 0) is 6.42 Å². The second-order valence-corrected chi connectivity index (χ2v) is 4.69. The van der Waals surface area contributed by atoms with Crippen LogP contribution in [0.15, 0.2) is 0 Å². The number of hydrogen-bond acceptors (Lipinski definition) is 3. The fraction of sp³-hybridized carbons (Fsp3) is 0.818. The number of unbranched alkanes of at least 4 members (excludes halogenated alkanes) is 3. The summed E-state index contributed by atoms with van der Waals surface area (Å²) in [6.45, 7) is 4.52. The Morgan fingerprint density at radius 3 is 2.53 bits per heavy atom. The monoisotopic (exact) mass is 231 g/mol. The average molecular weight is 231 g/mol. The number of amides is 2. The van der Waals surface area contributed by atoms with Crippen molar-refractivity contribution in [2.45, 2.75) is 51.2 Å². The quantitative estimate of drug-likeness (QED) is 0.395. The maximum Gasteiger partial charge on any atom is 0.230 e. The topological polar surface area (TPSA) is 37.4 Å². The van der Waals surface area contributed by atoms with E-state index in [1.807, 2.05) is 6.92 Å². The van der Waals surface area contributed by atoms with E-state index in [2.05, 4.69) is 19.6 Å². The van der Waals surface area contributed by atoms with E-state index in [1.54, 1.807) is 0 Å². The molecule has 15 heavy (non-hydrogen) atoms. The van der Waals surface area contributed by atoms with Gasteiger partial charge in [-0.3, -0.25) is 14.5 Å². The first kappa shape index (κ1) is 14.5. The second kappa shape index (κ2) is 8.77. The molecular formula is C11H21NO2S. The summed E-state index contributed by atoms with van der Waals surface area (Å²) in [5.74, 6) is -0.121. The molecule has 0 spiro atoms. The SMILES string of the molecule is CCCCCCN(C=O)C(=O)CC(C)S. The van der Waals surface area contributed by atoms with Crippen LogP contribution >= 0.6 is 12.6 Å². The van der Waals surface area contributed by atoms with E-state index in [9.17, 15) is 9.59 Å². The number of thiol groups is 1. The lowest BCUT2D eigenvalue weighted by molar-refractivity contribution is -0.138. The molecule has 1 unspecified atom stereocenters. The molecule has 0 aliphatic carbocycles. The lowest BCUT2D eigenvalue weighted by Crippen LogP contribution is -2.31. The minimum absolute atomic E-state index is 0.00981. The normalized spacial score (nSPS) is 12.2. The summed E-state index contributed by atoms with van der Waals surface area (Å²) in [6, 6.07) is 0. The Hall–Kier alpha value is -0.510. The molecule has 0 aromatic heterocycles. The zero-order valence-corrected chi connectivity index (χ0v) is 10.5. The Labute approximate surface area is 97.6 Å². The number of nitrogens with zero attached hydrogens (tertiary/aromatic N) is 1. The van der Waals surface area contributed by atoms with E-state index < -0.39 is 0 Å². The Morgan fingerprint density at radius 1 is 1.40 bits per heavy atom. The van der Waals surface area contributed by atoms with Crippen molar-refractivity contribution in [3.63, 3.8) is 0 Å². The number of carbonyl (C=O) groups is 2. The van der Waals surface area contributed by atoms with Crippen LogP contribution in [0.2, 0.25) is 0 Å². The van der Waals surface area contributed by atoms with Crippen molar-refractivity contribution < 1.29 is 9.59 Å². The fourth-order valence-corrected chi connectivity index (χ4v) is 1.47. The van der Waals surface area contributed by atoms with Crippen LogP contribution in [0.4, 0.5) is 0 Å². The van der Waals surface area contributed by atoms with Gasteiger partial charge in [-0.1, -0.05) is 33.1 Å². The van der Waals surface area contributed by atoms with Gasteiger partial charge in [0.1, 0.15) is 0 Å². The minimum atomic E-state index is -0.121. The van der Waals surface area contributed by atoms with Gasteiger partial charge in [0.15, 0.2) is 0 Å². The molecule has 2 amide bonds. The molecule has 0 fully saturated rings. The lowest BCUT2D eigenvalue weighted by Gasteiger charge is -2.16. The van der Waals surface area contributed by atoms with Gasteiger partial charge in [-0.2, -0.15) is 12.6 Å². The molecule has 0 N–H and O–H groups in total. The molecule has 3 nitrogen and oxygen atoms in total. The Kier molecular flexibility index (Phi) is 8.47. The van der Waals surface area contributed by atoms with Crippen molar-refractivity contribution in [2.75, 3.05) is 6.54 Å². The molecule has 88 valence electrons. The highest BCUT2D eigenvalue weighted by Gasteiger charge is 2.13. The molecule has 0 bridgehead atoms. The van der Waals surface area contributed by atoms with Gasteiger partial charge < -0.3 is 0 Å². The van der Waals surface area contributed by atoms with Gasteiger partial charge in [-0.25, -0.2) is 0 Å². The number of carbonyl (C=O) groups excluding carboxylic acids is 2. The molecule has 0 aromatic rings. The third kappa shape index (κ3) is 7.42. The Balaban J connectivity index is 3.80. The molecular weight excluding hydrogens is 210 g/mol. The molecule has 0 aliphatic rings. The molecule has 0 radical (unpaired) electrons.